The summed E-state index contributed by atoms with van der Waals surface area (Å²) < 4.78 is 1.83. The van der Waals surface area contributed by atoms with Crippen LogP contribution in [0.4, 0.5) is 0 Å². The highest BCUT2D eigenvalue weighted by atomic mass is 16.4. The van der Waals surface area contributed by atoms with Gasteiger partial charge in [0.25, 0.3) is 0 Å². The predicted molar refractivity (Wildman–Crippen MR) is 108 cm³/mol. The van der Waals surface area contributed by atoms with Crippen molar-refractivity contribution in [2.75, 3.05) is 13.1 Å². The van der Waals surface area contributed by atoms with E-state index < -0.39 is 5.97 Å². The molecule has 1 amide bonds. The number of hydrogen-bond donors (Lipinski definition) is 1. The molecule has 1 aliphatic heterocycles. The number of carboxylic acids is 1. The Bertz CT molecular complexity index is 879. The minimum absolute atomic E-state index is 0.156. The highest BCUT2D eigenvalue weighted by molar-refractivity contribution is 5.89. The highest BCUT2D eigenvalue weighted by Crippen LogP contribution is 2.28. The number of hydrogen-bond acceptors (Lipinski definition) is 3. The van der Waals surface area contributed by atoms with Gasteiger partial charge in [0.05, 0.1) is 17.2 Å². The summed E-state index contributed by atoms with van der Waals surface area (Å²) in [5.74, 6) is -0.512. The van der Waals surface area contributed by atoms with E-state index in [2.05, 4.69) is 5.10 Å². The lowest BCUT2D eigenvalue weighted by atomic mass is 9.87. The molecule has 1 saturated heterocycles. The van der Waals surface area contributed by atoms with Gasteiger partial charge < -0.3 is 10.0 Å². The first-order chi connectivity index (χ1) is 13.3. The van der Waals surface area contributed by atoms with Gasteiger partial charge in [0, 0.05) is 31.4 Å². The molecule has 2 heterocycles. The maximum absolute atomic E-state index is 13.0. The van der Waals surface area contributed by atoms with Gasteiger partial charge in [0.2, 0.25) is 5.91 Å². The molecule has 1 atom stereocenters. The third-order valence-corrected chi connectivity index (χ3v) is 6.05. The van der Waals surface area contributed by atoms with Crippen LogP contribution in [0.15, 0.2) is 24.3 Å². The smallest absolute Gasteiger partial charge is 0.335 e. The first kappa shape index (κ1) is 20.1. The van der Waals surface area contributed by atoms with Crippen molar-refractivity contribution in [1.82, 2.24) is 14.7 Å². The van der Waals surface area contributed by atoms with Crippen molar-refractivity contribution in [1.29, 1.82) is 0 Å². The zero-order valence-electron chi connectivity index (χ0n) is 17.1. The third kappa shape index (κ3) is 3.96. The van der Waals surface area contributed by atoms with E-state index in [-0.39, 0.29) is 11.8 Å². The van der Waals surface area contributed by atoms with E-state index in [1.807, 2.05) is 49.5 Å². The Balaban J connectivity index is 1.62. The van der Waals surface area contributed by atoms with E-state index in [9.17, 15) is 14.7 Å². The quantitative estimate of drug-likeness (QED) is 0.859. The number of carbonyl (C=O) groups is 2. The third-order valence-electron chi connectivity index (χ3n) is 6.05. The fourth-order valence-corrected chi connectivity index (χ4v) is 4.39. The molecule has 0 spiro atoms. The molecule has 1 N–H and O–H groups in total. The average Bonchev–Trinajstić information content (AvgIpc) is 2.93. The molecule has 6 heteroatoms. The Morgan fingerprint density at radius 3 is 2.43 bits per heavy atom. The lowest BCUT2D eigenvalue weighted by Crippen LogP contribution is -2.41. The van der Waals surface area contributed by atoms with Crippen LogP contribution in [0.1, 0.15) is 58.6 Å². The summed E-state index contributed by atoms with van der Waals surface area (Å²) in [5.41, 5.74) is 4.26. The lowest BCUT2D eigenvalue weighted by Gasteiger charge is -2.34. The molecule has 1 unspecified atom stereocenters. The van der Waals surface area contributed by atoms with E-state index in [0.717, 1.165) is 54.9 Å². The number of carboxylic acid groups (broad SMARTS) is 1. The SMILES string of the molecule is Cc1nn(C)c(C)c1C(C)C(=O)N1CCC(Cc2ccccc2C(=O)O)CC1. The van der Waals surface area contributed by atoms with Gasteiger partial charge in [-0.1, -0.05) is 18.2 Å². The summed E-state index contributed by atoms with van der Waals surface area (Å²) in [6, 6.07) is 7.21. The molecule has 0 bridgehead atoms. The van der Waals surface area contributed by atoms with E-state index in [1.165, 1.54) is 0 Å². The molecule has 1 aromatic carbocycles. The van der Waals surface area contributed by atoms with Gasteiger partial charge in [-0.15, -0.1) is 0 Å². The van der Waals surface area contributed by atoms with Crippen LogP contribution in [0.3, 0.4) is 0 Å². The highest BCUT2D eigenvalue weighted by Gasteiger charge is 2.30. The largest absolute Gasteiger partial charge is 0.478 e. The van der Waals surface area contributed by atoms with Crippen molar-refractivity contribution in [3.05, 3.63) is 52.3 Å². The molecule has 3 rings (SSSR count). The predicted octanol–water partition coefficient (Wildman–Crippen LogP) is 3.32. The number of aromatic carboxylic acids is 1. The van der Waals surface area contributed by atoms with Crippen LogP contribution in [-0.4, -0.2) is 44.8 Å². The molecule has 0 saturated carbocycles. The molecule has 1 fully saturated rings. The van der Waals surface area contributed by atoms with Gasteiger partial charge in [-0.05, 0) is 57.6 Å². The molecule has 2 aromatic rings. The second-order valence-corrected chi connectivity index (χ2v) is 7.86. The second-order valence-electron chi connectivity index (χ2n) is 7.86. The second kappa shape index (κ2) is 8.17. The Morgan fingerprint density at radius 2 is 1.86 bits per heavy atom. The Kier molecular flexibility index (Phi) is 5.87. The standard InChI is InChI=1S/C22H29N3O3/c1-14(20-15(2)23-24(4)16(20)3)21(26)25-11-9-17(10-12-25)13-18-7-5-6-8-19(18)22(27)28/h5-8,14,17H,9-13H2,1-4H3,(H,27,28). The van der Waals surface area contributed by atoms with Crippen LogP contribution in [0, 0.1) is 19.8 Å². The zero-order valence-corrected chi connectivity index (χ0v) is 17.1. The fraction of sp³-hybridized carbons (Fsp3) is 0.500. The summed E-state index contributed by atoms with van der Waals surface area (Å²) in [6.07, 6.45) is 2.55. The van der Waals surface area contributed by atoms with E-state index >= 15 is 0 Å². The van der Waals surface area contributed by atoms with Crippen molar-refractivity contribution < 1.29 is 14.7 Å². The van der Waals surface area contributed by atoms with Gasteiger partial charge in [0.1, 0.15) is 0 Å². The van der Waals surface area contributed by atoms with Gasteiger partial charge in [-0.3, -0.25) is 9.48 Å². The van der Waals surface area contributed by atoms with Crippen LogP contribution >= 0.6 is 0 Å². The Morgan fingerprint density at radius 1 is 1.21 bits per heavy atom. The first-order valence-electron chi connectivity index (χ1n) is 9.89. The summed E-state index contributed by atoms with van der Waals surface area (Å²) >= 11 is 0. The summed E-state index contributed by atoms with van der Waals surface area (Å²) in [5, 5.41) is 13.8. The van der Waals surface area contributed by atoms with Crippen LogP contribution in [0.25, 0.3) is 0 Å². The normalized spacial score (nSPS) is 16.2. The zero-order chi connectivity index (χ0) is 20.4. The van der Waals surface area contributed by atoms with Gasteiger partial charge >= 0.3 is 5.97 Å². The minimum Gasteiger partial charge on any atom is -0.478 e. The van der Waals surface area contributed by atoms with Crippen LogP contribution < -0.4 is 0 Å². The molecule has 1 aliphatic rings. The number of aromatic nitrogens is 2. The molecular weight excluding hydrogens is 354 g/mol. The number of piperidine rings is 1. The minimum atomic E-state index is -0.876. The van der Waals surface area contributed by atoms with Crippen molar-refractivity contribution in [2.45, 2.75) is 46.0 Å². The number of benzene rings is 1. The van der Waals surface area contributed by atoms with Crippen molar-refractivity contribution >= 4 is 11.9 Å². The van der Waals surface area contributed by atoms with Crippen LogP contribution in [0.2, 0.25) is 0 Å². The molecule has 150 valence electrons. The van der Waals surface area contributed by atoms with Crippen molar-refractivity contribution in [3.8, 4) is 0 Å². The molecule has 1 aromatic heterocycles. The molecule has 6 nitrogen and oxygen atoms in total. The van der Waals surface area contributed by atoms with Crippen LogP contribution in [-0.2, 0) is 18.3 Å². The van der Waals surface area contributed by atoms with Gasteiger partial charge in [-0.25, -0.2) is 4.79 Å². The van der Waals surface area contributed by atoms with Gasteiger partial charge in [0.15, 0.2) is 0 Å². The molecule has 0 radical (unpaired) electrons. The maximum atomic E-state index is 13.0. The molecule has 0 aliphatic carbocycles. The lowest BCUT2D eigenvalue weighted by molar-refractivity contribution is -0.133. The monoisotopic (exact) mass is 383 g/mol. The first-order valence-corrected chi connectivity index (χ1v) is 9.89. The fourth-order valence-electron chi connectivity index (χ4n) is 4.39. The number of rotatable bonds is 5. The number of aryl methyl sites for hydroxylation is 2. The number of carbonyl (C=O) groups excluding carboxylic acids is 1. The van der Waals surface area contributed by atoms with E-state index in [1.54, 1.807) is 12.1 Å². The molecular formula is C22H29N3O3. The topological polar surface area (TPSA) is 75.4 Å². The molecule has 28 heavy (non-hydrogen) atoms. The van der Waals surface area contributed by atoms with Crippen molar-refractivity contribution in [2.24, 2.45) is 13.0 Å². The summed E-state index contributed by atoms with van der Waals surface area (Å²) in [7, 11) is 1.91. The maximum Gasteiger partial charge on any atom is 0.335 e. The average molecular weight is 383 g/mol. The number of amides is 1. The van der Waals surface area contributed by atoms with Crippen LogP contribution in [0.5, 0.6) is 0 Å². The van der Waals surface area contributed by atoms with Gasteiger partial charge in [-0.2, -0.15) is 5.10 Å². The van der Waals surface area contributed by atoms with E-state index in [4.69, 9.17) is 0 Å². The number of nitrogens with zero attached hydrogens (tertiary/aromatic N) is 3. The Hall–Kier alpha value is -2.63. The summed E-state index contributed by atoms with van der Waals surface area (Å²) in [4.78, 5) is 26.4. The Labute approximate surface area is 166 Å². The number of likely N-dealkylation sites (tertiary alicyclic amines) is 1. The van der Waals surface area contributed by atoms with Crippen molar-refractivity contribution in [3.63, 3.8) is 0 Å². The van der Waals surface area contributed by atoms with E-state index in [0.29, 0.717) is 11.5 Å². The summed E-state index contributed by atoms with van der Waals surface area (Å²) in [6.45, 7) is 7.38.